The van der Waals surface area contributed by atoms with Gasteiger partial charge in [0.2, 0.25) is 0 Å². The van der Waals surface area contributed by atoms with E-state index in [0.29, 0.717) is 11.1 Å². The van der Waals surface area contributed by atoms with Gasteiger partial charge in [-0.25, -0.2) is 13.6 Å². The number of aromatic carboxylic acids is 1. The lowest BCUT2D eigenvalue weighted by Crippen LogP contribution is -2.07. The Morgan fingerprint density at radius 3 is 2.27 bits per heavy atom. The summed E-state index contributed by atoms with van der Waals surface area (Å²) in [5, 5.41) is 18.7. The van der Waals surface area contributed by atoms with E-state index in [-0.39, 0.29) is 23.1 Å². The van der Waals surface area contributed by atoms with Gasteiger partial charge in [0, 0.05) is 5.56 Å². The summed E-state index contributed by atoms with van der Waals surface area (Å²) in [6, 6.07) is 10.7. The Hall–Kier alpha value is -2.27. The van der Waals surface area contributed by atoms with Crippen LogP contribution >= 0.6 is 0 Å². The molecule has 0 unspecified atom stereocenters. The number of rotatable bonds is 5. The van der Waals surface area contributed by atoms with Gasteiger partial charge in [0.15, 0.2) is 0 Å². The zero-order valence-electron chi connectivity index (χ0n) is 12.0. The Morgan fingerprint density at radius 1 is 1.14 bits per heavy atom. The van der Waals surface area contributed by atoms with Gasteiger partial charge >= 0.3 is 5.97 Å². The van der Waals surface area contributed by atoms with E-state index in [1.165, 1.54) is 18.2 Å². The third-order valence-electron chi connectivity index (χ3n) is 3.52. The highest BCUT2D eigenvalue weighted by Crippen LogP contribution is 2.28. The second kappa shape index (κ2) is 6.66. The largest absolute Gasteiger partial charge is 0.478 e. The lowest BCUT2D eigenvalue weighted by Gasteiger charge is -2.13. The first-order valence-corrected chi connectivity index (χ1v) is 6.80. The number of carboxylic acids is 1. The molecule has 5 heteroatoms. The van der Waals surface area contributed by atoms with Gasteiger partial charge in [-0.2, -0.15) is 0 Å². The van der Waals surface area contributed by atoms with Crippen LogP contribution in [0.1, 0.15) is 52.1 Å². The molecule has 0 saturated heterocycles. The molecule has 2 aromatic rings. The summed E-state index contributed by atoms with van der Waals surface area (Å²) >= 11 is 0. The number of aliphatic hydroxyl groups is 1. The highest BCUT2D eigenvalue weighted by atomic mass is 19.3. The fourth-order valence-electron chi connectivity index (χ4n) is 2.32. The van der Waals surface area contributed by atoms with Crippen molar-refractivity contribution in [2.75, 3.05) is 0 Å². The fourth-order valence-corrected chi connectivity index (χ4v) is 2.32. The second-order valence-electron chi connectivity index (χ2n) is 5.07. The number of hydrogen-bond donors (Lipinski definition) is 2. The molecule has 0 radical (unpaired) electrons. The van der Waals surface area contributed by atoms with Gasteiger partial charge in [-0.1, -0.05) is 36.4 Å². The van der Waals surface area contributed by atoms with E-state index in [9.17, 15) is 23.8 Å². The van der Waals surface area contributed by atoms with Crippen molar-refractivity contribution >= 4 is 5.97 Å². The Morgan fingerprint density at radius 2 is 1.77 bits per heavy atom. The van der Waals surface area contributed by atoms with Gasteiger partial charge in [-0.3, -0.25) is 0 Å². The summed E-state index contributed by atoms with van der Waals surface area (Å²) < 4.78 is 26.2. The molecule has 0 bridgehead atoms. The third-order valence-corrected chi connectivity index (χ3v) is 3.52. The molecular weight excluding hydrogens is 290 g/mol. The van der Waals surface area contributed by atoms with Gasteiger partial charge in [-0.15, -0.1) is 0 Å². The summed E-state index contributed by atoms with van der Waals surface area (Å²) in [5.41, 5.74) is 1.16. The molecule has 22 heavy (non-hydrogen) atoms. The van der Waals surface area contributed by atoms with Crippen molar-refractivity contribution in [3.8, 4) is 0 Å². The number of benzene rings is 2. The van der Waals surface area contributed by atoms with Gasteiger partial charge < -0.3 is 10.2 Å². The lowest BCUT2D eigenvalue weighted by molar-refractivity contribution is 0.0695. The van der Waals surface area contributed by atoms with Crippen LogP contribution in [0.4, 0.5) is 8.78 Å². The number of alkyl halides is 2. The minimum Gasteiger partial charge on any atom is -0.478 e. The Labute approximate surface area is 126 Å². The van der Waals surface area contributed by atoms with Crippen molar-refractivity contribution in [2.24, 2.45) is 0 Å². The number of carboxylic acid groups (broad SMARTS) is 1. The van der Waals surface area contributed by atoms with Crippen molar-refractivity contribution in [1.29, 1.82) is 0 Å². The normalized spacial score (nSPS) is 12.4. The maximum Gasteiger partial charge on any atom is 0.335 e. The smallest absolute Gasteiger partial charge is 0.335 e. The van der Waals surface area contributed by atoms with E-state index in [2.05, 4.69) is 0 Å². The molecule has 0 saturated carbocycles. The molecule has 0 amide bonds. The van der Waals surface area contributed by atoms with Crippen LogP contribution in [0.5, 0.6) is 0 Å². The average molecular weight is 306 g/mol. The number of hydrogen-bond acceptors (Lipinski definition) is 2. The molecule has 0 aliphatic carbocycles. The molecule has 2 rings (SSSR count). The minimum atomic E-state index is -2.73. The Balaban J connectivity index is 2.41. The molecule has 1 atom stereocenters. The van der Waals surface area contributed by atoms with E-state index >= 15 is 0 Å². The van der Waals surface area contributed by atoms with Crippen molar-refractivity contribution < 1.29 is 23.8 Å². The summed E-state index contributed by atoms with van der Waals surface area (Å²) in [4.78, 5) is 11.3. The van der Waals surface area contributed by atoms with E-state index in [1.54, 1.807) is 31.2 Å². The molecule has 0 aliphatic heterocycles. The summed E-state index contributed by atoms with van der Waals surface area (Å²) in [7, 11) is 0. The Bertz CT molecular complexity index is 664. The van der Waals surface area contributed by atoms with Crippen LogP contribution in [-0.4, -0.2) is 16.2 Å². The van der Waals surface area contributed by atoms with Gasteiger partial charge in [-0.05, 0) is 36.1 Å². The topological polar surface area (TPSA) is 57.5 Å². The summed E-state index contributed by atoms with van der Waals surface area (Å²) in [5.74, 6) is -1.22. The first kappa shape index (κ1) is 16.1. The fraction of sp³-hybridized carbons (Fsp3) is 0.235. The van der Waals surface area contributed by atoms with E-state index in [0.717, 1.165) is 0 Å². The SMILES string of the molecule is C[C@H](O)c1ccc(Cc2c(C(=O)O)cccc2C(F)F)cc1. The van der Waals surface area contributed by atoms with Gasteiger partial charge in [0.05, 0.1) is 11.7 Å². The highest BCUT2D eigenvalue weighted by molar-refractivity contribution is 5.90. The molecule has 3 nitrogen and oxygen atoms in total. The molecule has 0 heterocycles. The van der Waals surface area contributed by atoms with E-state index in [1.807, 2.05) is 0 Å². The zero-order chi connectivity index (χ0) is 16.3. The molecular formula is C17H16F2O3. The maximum atomic E-state index is 13.1. The summed E-state index contributed by atoms with van der Waals surface area (Å²) in [6.45, 7) is 1.63. The van der Waals surface area contributed by atoms with E-state index < -0.39 is 18.5 Å². The second-order valence-corrected chi connectivity index (χ2v) is 5.07. The van der Waals surface area contributed by atoms with Crippen LogP contribution in [0, 0.1) is 0 Å². The average Bonchev–Trinajstić information content (AvgIpc) is 2.47. The maximum absolute atomic E-state index is 13.1. The predicted octanol–water partition coefficient (Wildman–Crippen LogP) is 3.97. The molecule has 2 N–H and O–H groups in total. The molecule has 2 aromatic carbocycles. The quantitative estimate of drug-likeness (QED) is 0.879. The van der Waals surface area contributed by atoms with Crippen LogP contribution < -0.4 is 0 Å². The van der Waals surface area contributed by atoms with Crippen molar-refractivity contribution in [1.82, 2.24) is 0 Å². The Kier molecular flexibility index (Phi) is 4.88. The predicted molar refractivity (Wildman–Crippen MR) is 78.2 cm³/mol. The van der Waals surface area contributed by atoms with Gasteiger partial charge in [0.1, 0.15) is 0 Å². The molecule has 0 spiro atoms. The van der Waals surface area contributed by atoms with Crippen molar-refractivity contribution in [3.63, 3.8) is 0 Å². The minimum absolute atomic E-state index is 0.0994. The third kappa shape index (κ3) is 3.49. The van der Waals surface area contributed by atoms with Crippen LogP contribution in [0.3, 0.4) is 0 Å². The van der Waals surface area contributed by atoms with Crippen molar-refractivity contribution in [3.05, 3.63) is 70.3 Å². The molecule has 0 aromatic heterocycles. The summed E-state index contributed by atoms with van der Waals surface area (Å²) in [6.07, 6.45) is -3.24. The molecule has 0 fully saturated rings. The monoisotopic (exact) mass is 306 g/mol. The van der Waals surface area contributed by atoms with Gasteiger partial charge in [0.25, 0.3) is 6.43 Å². The van der Waals surface area contributed by atoms with Crippen molar-refractivity contribution in [2.45, 2.75) is 25.9 Å². The first-order valence-electron chi connectivity index (χ1n) is 6.80. The highest BCUT2D eigenvalue weighted by Gasteiger charge is 2.19. The molecule has 0 aliphatic rings. The van der Waals surface area contributed by atoms with Crippen LogP contribution in [0.2, 0.25) is 0 Å². The van der Waals surface area contributed by atoms with Crippen LogP contribution in [-0.2, 0) is 6.42 Å². The number of halogens is 2. The standard InChI is InChI=1S/C17H16F2O3/c1-10(20)12-7-5-11(6-8-12)9-15-13(16(18)19)3-2-4-14(15)17(21)22/h2-8,10,16,20H,9H2,1H3,(H,21,22)/t10-/m0/s1. The van der Waals surface area contributed by atoms with E-state index in [4.69, 9.17) is 0 Å². The first-order chi connectivity index (χ1) is 10.4. The van der Waals surface area contributed by atoms with Crippen LogP contribution in [0.15, 0.2) is 42.5 Å². The number of aliphatic hydroxyl groups excluding tert-OH is 1. The number of carbonyl (C=O) groups is 1. The lowest BCUT2D eigenvalue weighted by atomic mass is 9.94. The molecule has 116 valence electrons. The van der Waals surface area contributed by atoms with Crippen LogP contribution in [0.25, 0.3) is 0 Å². The zero-order valence-corrected chi connectivity index (χ0v) is 12.0.